The monoisotopic (exact) mass is 485 g/mol. The van der Waals surface area contributed by atoms with E-state index in [2.05, 4.69) is 29.0 Å². The lowest BCUT2D eigenvalue weighted by Gasteiger charge is -2.34. The summed E-state index contributed by atoms with van der Waals surface area (Å²) in [6, 6.07) is 14.1. The van der Waals surface area contributed by atoms with Gasteiger partial charge in [-0.2, -0.15) is 0 Å². The average molecular weight is 486 g/mol. The first-order valence-corrected chi connectivity index (χ1v) is 12.3. The van der Waals surface area contributed by atoms with Gasteiger partial charge in [-0.25, -0.2) is 4.21 Å². The average Bonchev–Trinajstić information content (AvgIpc) is 3.10. The molecule has 1 aliphatic rings. The van der Waals surface area contributed by atoms with Gasteiger partial charge in [-0.1, -0.05) is 30.3 Å². The SMILES string of the molecule is Cc1cc(C2(c3cc(C)c(N)c(C)c3)c3ccc(NS(=O)O)cc3-c3nccnc32)cc(C)c1N. The van der Waals surface area contributed by atoms with Gasteiger partial charge >= 0.3 is 0 Å². The predicted molar refractivity (Wildman–Crippen MR) is 142 cm³/mol. The van der Waals surface area contributed by atoms with Crippen molar-refractivity contribution in [3.05, 3.63) is 99.5 Å². The summed E-state index contributed by atoms with van der Waals surface area (Å²) in [6.45, 7) is 8.04. The summed E-state index contributed by atoms with van der Waals surface area (Å²) in [6.07, 6.45) is 3.37. The number of nitrogens with zero attached hydrogens (tertiary/aromatic N) is 2. The fourth-order valence-corrected chi connectivity index (χ4v) is 5.63. The minimum Gasteiger partial charge on any atom is -0.398 e. The van der Waals surface area contributed by atoms with Gasteiger partial charge in [0.15, 0.2) is 0 Å². The molecule has 5 rings (SSSR count). The number of fused-ring (bicyclic) bond motifs is 3. The Hall–Kier alpha value is -3.75. The third-order valence-corrected chi connectivity index (χ3v) is 7.40. The van der Waals surface area contributed by atoms with Gasteiger partial charge < -0.3 is 11.5 Å². The van der Waals surface area contributed by atoms with Gasteiger partial charge in [-0.05, 0) is 78.8 Å². The van der Waals surface area contributed by atoms with Crippen molar-refractivity contribution in [3.63, 3.8) is 0 Å². The van der Waals surface area contributed by atoms with E-state index in [-0.39, 0.29) is 0 Å². The number of aryl methyl sites for hydroxylation is 4. The molecule has 1 heterocycles. The van der Waals surface area contributed by atoms with Crippen molar-refractivity contribution >= 4 is 28.3 Å². The molecule has 178 valence electrons. The number of hydrogen-bond donors (Lipinski definition) is 4. The zero-order chi connectivity index (χ0) is 25.1. The molecule has 0 bridgehead atoms. The molecule has 3 aromatic carbocycles. The second-order valence-corrected chi connectivity index (χ2v) is 9.87. The van der Waals surface area contributed by atoms with Crippen LogP contribution in [-0.4, -0.2) is 18.7 Å². The third-order valence-electron chi connectivity index (χ3n) is 6.99. The van der Waals surface area contributed by atoms with E-state index >= 15 is 0 Å². The smallest absolute Gasteiger partial charge is 0.259 e. The quantitative estimate of drug-likeness (QED) is 0.214. The summed E-state index contributed by atoms with van der Waals surface area (Å²) >= 11 is -2.19. The van der Waals surface area contributed by atoms with Crippen molar-refractivity contribution < 1.29 is 8.76 Å². The third kappa shape index (κ3) is 3.40. The minimum absolute atomic E-state index is 0.520. The number of nitrogens with one attached hydrogen (secondary N) is 1. The van der Waals surface area contributed by atoms with Crippen molar-refractivity contribution in [1.29, 1.82) is 0 Å². The summed E-state index contributed by atoms with van der Waals surface area (Å²) in [4.78, 5) is 9.59. The van der Waals surface area contributed by atoms with E-state index in [1.54, 1.807) is 12.4 Å². The highest BCUT2D eigenvalue weighted by molar-refractivity contribution is 7.80. The summed E-state index contributed by atoms with van der Waals surface area (Å²) in [5, 5.41) is 0. The summed E-state index contributed by atoms with van der Waals surface area (Å²) < 4.78 is 23.4. The number of benzene rings is 3. The molecular formula is C27H27N5O2S. The molecule has 0 aliphatic heterocycles. The first-order valence-electron chi connectivity index (χ1n) is 11.2. The lowest BCUT2D eigenvalue weighted by Crippen LogP contribution is -2.30. The van der Waals surface area contributed by atoms with Crippen LogP contribution in [0.5, 0.6) is 0 Å². The lowest BCUT2D eigenvalue weighted by atomic mass is 9.68. The molecule has 0 radical (unpaired) electrons. The number of nitrogens with two attached hydrogens (primary N) is 2. The molecule has 35 heavy (non-hydrogen) atoms. The minimum atomic E-state index is -2.19. The summed E-state index contributed by atoms with van der Waals surface area (Å²) in [5.74, 6) is 0. The molecule has 1 atom stereocenters. The van der Waals surface area contributed by atoms with Gasteiger partial charge in [-0.3, -0.25) is 19.2 Å². The Bertz CT molecular complexity index is 1430. The molecule has 0 spiro atoms. The molecule has 1 aliphatic carbocycles. The first-order chi connectivity index (χ1) is 16.6. The standard InChI is InChI=1S/C27H27N5O2S/c1-14-9-18(10-15(2)23(14)28)27(19-11-16(3)24(29)17(4)12-19)22-6-5-20(32-35(33)34)13-21(22)25-26(27)31-8-7-30-25/h5-13,32H,28-29H2,1-4H3,(H,33,34). The van der Waals surface area contributed by atoms with E-state index in [1.807, 2.05) is 45.9 Å². The van der Waals surface area contributed by atoms with E-state index in [0.29, 0.717) is 5.69 Å². The van der Waals surface area contributed by atoms with E-state index in [9.17, 15) is 8.76 Å². The highest BCUT2D eigenvalue weighted by atomic mass is 32.2. The van der Waals surface area contributed by atoms with Crippen molar-refractivity contribution in [1.82, 2.24) is 9.97 Å². The van der Waals surface area contributed by atoms with Crippen LogP contribution in [0.3, 0.4) is 0 Å². The van der Waals surface area contributed by atoms with Crippen LogP contribution in [-0.2, 0) is 16.7 Å². The fourth-order valence-electron chi connectivity index (χ4n) is 5.30. The van der Waals surface area contributed by atoms with Gasteiger partial charge in [0.05, 0.1) is 16.8 Å². The number of hydrogen-bond acceptors (Lipinski definition) is 5. The van der Waals surface area contributed by atoms with Crippen LogP contribution in [0.1, 0.15) is 44.6 Å². The van der Waals surface area contributed by atoms with Gasteiger partial charge in [0.2, 0.25) is 0 Å². The Labute approximate surface area is 207 Å². The number of aromatic nitrogens is 2. The molecule has 0 amide bonds. The molecule has 8 heteroatoms. The van der Waals surface area contributed by atoms with Crippen molar-refractivity contribution in [2.24, 2.45) is 0 Å². The zero-order valence-electron chi connectivity index (χ0n) is 20.0. The van der Waals surface area contributed by atoms with E-state index in [0.717, 1.165) is 67.3 Å². The molecular weight excluding hydrogens is 458 g/mol. The van der Waals surface area contributed by atoms with Crippen LogP contribution in [0.25, 0.3) is 11.3 Å². The zero-order valence-corrected chi connectivity index (χ0v) is 20.8. The highest BCUT2D eigenvalue weighted by Crippen LogP contribution is 2.56. The number of anilines is 3. The second kappa shape index (κ2) is 8.18. The van der Waals surface area contributed by atoms with E-state index in [4.69, 9.17) is 21.4 Å². The van der Waals surface area contributed by atoms with Gasteiger partial charge in [0.1, 0.15) is 0 Å². The largest absolute Gasteiger partial charge is 0.398 e. The molecule has 1 unspecified atom stereocenters. The Morgan fingerprint density at radius 1 is 0.829 bits per heavy atom. The molecule has 0 saturated heterocycles. The van der Waals surface area contributed by atoms with Crippen molar-refractivity contribution in [3.8, 4) is 11.3 Å². The first kappa shape index (κ1) is 23.0. The van der Waals surface area contributed by atoms with Crippen LogP contribution in [0, 0.1) is 27.7 Å². The van der Waals surface area contributed by atoms with Crippen molar-refractivity contribution in [2.45, 2.75) is 33.1 Å². The van der Waals surface area contributed by atoms with Gasteiger partial charge in [0.25, 0.3) is 11.3 Å². The van der Waals surface area contributed by atoms with Crippen LogP contribution >= 0.6 is 0 Å². The van der Waals surface area contributed by atoms with Gasteiger partial charge in [-0.15, -0.1) is 0 Å². The Kier molecular flexibility index (Phi) is 5.38. The summed E-state index contributed by atoms with van der Waals surface area (Å²) in [5.41, 5.74) is 23.3. The van der Waals surface area contributed by atoms with E-state index < -0.39 is 16.7 Å². The molecule has 0 fully saturated rings. The topological polar surface area (TPSA) is 127 Å². The maximum Gasteiger partial charge on any atom is 0.259 e. The second-order valence-electron chi connectivity index (χ2n) is 9.16. The Morgan fingerprint density at radius 3 is 1.86 bits per heavy atom. The predicted octanol–water partition coefficient (Wildman–Crippen LogP) is 4.79. The Balaban J connectivity index is 1.95. The molecule has 7 nitrogen and oxygen atoms in total. The van der Waals surface area contributed by atoms with Gasteiger partial charge in [0, 0.05) is 35.0 Å². The summed E-state index contributed by atoms with van der Waals surface area (Å²) in [7, 11) is 0. The van der Waals surface area contributed by atoms with Crippen LogP contribution in [0.4, 0.5) is 17.1 Å². The normalized spacial score (nSPS) is 14.3. The number of nitrogen functional groups attached to an aromatic ring is 2. The van der Waals surface area contributed by atoms with Crippen LogP contribution in [0.15, 0.2) is 54.9 Å². The van der Waals surface area contributed by atoms with Crippen LogP contribution in [0.2, 0.25) is 0 Å². The lowest BCUT2D eigenvalue weighted by molar-refractivity contribution is 0.570. The molecule has 1 aromatic heterocycles. The molecule has 6 N–H and O–H groups in total. The highest BCUT2D eigenvalue weighted by Gasteiger charge is 2.49. The maximum absolute atomic E-state index is 11.4. The maximum atomic E-state index is 11.4. The number of rotatable bonds is 4. The Morgan fingerprint density at radius 2 is 1.34 bits per heavy atom. The molecule has 0 saturated carbocycles. The molecule has 4 aromatic rings. The van der Waals surface area contributed by atoms with E-state index in [1.165, 1.54) is 0 Å². The fraction of sp³-hybridized carbons (Fsp3) is 0.185. The van der Waals surface area contributed by atoms with Crippen molar-refractivity contribution in [2.75, 3.05) is 16.2 Å². The van der Waals surface area contributed by atoms with Crippen LogP contribution < -0.4 is 16.2 Å².